The molecule has 0 saturated carbocycles. The van der Waals surface area contributed by atoms with Crippen LogP contribution in [0.15, 0.2) is 23.0 Å². The molecule has 1 saturated heterocycles. The SMILES string of the molecule is Cc1nc(C)c(CC(=O)N2CCN(Cc3ccc4c(c3)CCO4)CC2)c(=O)[nH]1. The van der Waals surface area contributed by atoms with Gasteiger partial charge in [0.05, 0.1) is 13.0 Å². The lowest BCUT2D eigenvalue weighted by Gasteiger charge is -2.35. The monoisotopic (exact) mass is 382 g/mol. The zero-order valence-corrected chi connectivity index (χ0v) is 16.5. The second-order valence-corrected chi connectivity index (χ2v) is 7.59. The summed E-state index contributed by atoms with van der Waals surface area (Å²) in [5, 5.41) is 0. The fraction of sp³-hybridized carbons (Fsp3) is 0.476. The average Bonchev–Trinajstić information content (AvgIpc) is 3.13. The molecule has 7 heteroatoms. The first-order chi connectivity index (χ1) is 13.5. The van der Waals surface area contributed by atoms with Gasteiger partial charge < -0.3 is 14.6 Å². The van der Waals surface area contributed by atoms with Crippen LogP contribution in [0.1, 0.15) is 28.2 Å². The number of aryl methyl sites for hydroxylation is 2. The third-order valence-corrected chi connectivity index (χ3v) is 5.55. The molecule has 28 heavy (non-hydrogen) atoms. The summed E-state index contributed by atoms with van der Waals surface area (Å²) >= 11 is 0. The normalized spacial score (nSPS) is 16.7. The lowest BCUT2D eigenvalue weighted by atomic mass is 10.1. The van der Waals surface area contributed by atoms with Gasteiger partial charge >= 0.3 is 0 Å². The van der Waals surface area contributed by atoms with Crippen LogP contribution in [0.25, 0.3) is 0 Å². The molecule has 4 rings (SSSR count). The lowest BCUT2D eigenvalue weighted by molar-refractivity contribution is -0.132. The Balaban J connectivity index is 1.33. The van der Waals surface area contributed by atoms with Gasteiger partial charge in [0, 0.05) is 50.4 Å². The predicted octanol–water partition coefficient (Wildman–Crippen LogP) is 1.21. The van der Waals surface area contributed by atoms with Crippen molar-refractivity contribution in [3.63, 3.8) is 0 Å². The van der Waals surface area contributed by atoms with Crippen LogP contribution in [0.2, 0.25) is 0 Å². The Morgan fingerprint density at radius 1 is 1.21 bits per heavy atom. The third-order valence-electron chi connectivity index (χ3n) is 5.55. The topological polar surface area (TPSA) is 78.5 Å². The van der Waals surface area contributed by atoms with E-state index in [1.54, 1.807) is 13.8 Å². The zero-order valence-electron chi connectivity index (χ0n) is 16.5. The number of hydrogen-bond donors (Lipinski definition) is 1. The number of aromatic amines is 1. The number of nitrogens with zero attached hydrogens (tertiary/aromatic N) is 3. The summed E-state index contributed by atoms with van der Waals surface area (Å²) in [4.78, 5) is 36.0. The Morgan fingerprint density at radius 2 is 2.00 bits per heavy atom. The van der Waals surface area contributed by atoms with Gasteiger partial charge in [0.15, 0.2) is 0 Å². The van der Waals surface area contributed by atoms with Gasteiger partial charge in [0.25, 0.3) is 5.56 Å². The van der Waals surface area contributed by atoms with Gasteiger partial charge in [-0.15, -0.1) is 0 Å². The molecule has 0 aliphatic carbocycles. The van der Waals surface area contributed by atoms with Crippen molar-refractivity contribution in [2.75, 3.05) is 32.8 Å². The van der Waals surface area contributed by atoms with E-state index in [0.29, 0.717) is 30.2 Å². The molecule has 0 atom stereocenters. The van der Waals surface area contributed by atoms with E-state index in [1.807, 2.05) is 4.90 Å². The smallest absolute Gasteiger partial charge is 0.254 e. The molecular weight excluding hydrogens is 356 g/mol. The van der Waals surface area contributed by atoms with Crippen molar-refractivity contribution in [2.24, 2.45) is 0 Å². The maximum absolute atomic E-state index is 12.7. The second kappa shape index (κ2) is 7.75. The molecule has 1 N–H and O–H groups in total. The van der Waals surface area contributed by atoms with Crippen molar-refractivity contribution in [2.45, 2.75) is 33.2 Å². The summed E-state index contributed by atoms with van der Waals surface area (Å²) in [6, 6.07) is 6.42. The summed E-state index contributed by atoms with van der Waals surface area (Å²) < 4.78 is 5.57. The van der Waals surface area contributed by atoms with Crippen LogP contribution in [0.3, 0.4) is 0 Å². The van der Waals surface area contributed by atoms with Crippen molar-refractivity contribution in [3.8, 4) is 5.75 Å². The summed E-state index contributed by atoms with van der Waals surface area (Å²) in [5.74, 6) is 1.58. The molecule has 2 aliphatic heterocycles. The molecule has 7 nitrogen and oxygen atoms in total. The quantitative estimate of drug-likeness (QED) is 0.860. The van der Waals surface area contributed by atoms with Gasteiger partial charge in [-0.25, -0.2) is 4.98 Å². The fourth-order valence-electron chi connectivity index (χ4n) is 3.97. The van der Waals surface area contributed by atoms with E-state index in [2.05, 4.69) is 33.1 Å². The molecule has 148 valence electrons. The van der Waals surface area contributed by atoms with Crippen molar-refractivity contribution in [3.05, 3.63) is 56.8 Å². The number of H-pyrrole nitrogens is 1. The van der Waals surface area contributed by atoms with Crippen LogP contribution in [-0.4, -0.2) is 58.5 Å². The number of amides is 1. The van der Waals surface area contributed by atoms with E-state index in [0.717, 1.165) is 38.4 Å². The first-order valence-electron chi connectivity index (χ1n) is 9.81. The molecule has 1 fully saturated rings. The minimum Gasteiger partial charge on any atom is -0.493 e. The highest BCUT2D eigenvalue weighted by Gasteiger charge is 2.23. The number of carbonyl (C=O) groups is 1. The Morgan fingerprint density at radius 3 is 2.75 bits per heavy atom. The van der Waals surface area contributed by atoms with Gasteiger partial charge in [-0.1, -0.05) is 12.1 Å². The highest BCUT2D eigenvalue weighted by Crippen LogP contribution is 2.26. The van der Waals surface area contributed by atoms with E-state index in [4.69, 9.17) is 4.74 Å². The highest BCUT2D eigenvalue weighted by molar-refractivity contribution is 5.79. The summed E-state index contributed by atoms with van der Waals surface area (Å²) in [5.41, 5.74) is 3.47. The standard InChI is InChI=1S/C21H26N4O3/c1-14-18(21(27)23-15(2)22-14)12-20(26)25-8-6-24(7-9-25)13-16-3-4-19-17(11-16)5-10-28-19/h3-4,11H,5-10,12-13H2,1-2H3,(H,22,23,27). The van der Waals surface area contributed by atoms with Crippen LogP contribution in [-0.2, 0) is 24.2 Å². The molecule has 1 aromatic heterocycles. The van der Waals surface area contributed by atoms with Gasteiger partial charge in [0.2, 0.25) is 5.91 Å². The number of piperazine rings is 1. The maximum Gasteiger partial charge on any atom is 0.254 e. The number of benzene rings is 1. The highest BCUT2D eigenvalue weighted by atomic mass is 16.5. The number of rotatable bonds is 4. The Labute approximate surface area is 164 Å². The largest absolute Gasteiger partial charge is 0.493 e. The summed E-state index contributed by atoms with van der Waals surface area (Å²) in [6.45, 7) is 8.22. The molecule has 3 heterocycles. The minimum atomic E-state index is -0.211. The van der Waals surface area contributed by atoms with E-state index in [-0.39, 0.29) is 17.9 Å². The van der Waals surface area contributed by atoms with Crippen molar-refractivity contribution in [1.29, 1.82) is 0 Å². The lowest BCUT2D eigenvalue weighted by Crippen LogP contribution is -2.49. The molecule has 0 radical (unpaired) electrons. The molecule has 2 aliphatic rings. The van der Waals surface area contributed by atoms with Crippen LogP contribution in [0, 0.1) is 13.8 Å². The Hall–Kier alpha value is -2.67. The van der Waals surface area contributed by atoms with Crippen molar-refractivity contribution >= 4 is 5.91 Å². The van der Waals surface area contributed by atoms with Gasteiger partial charge in [-0.05, 0) is 31.0 Å². The minimum absolute atomic E-state index is 0.00594. The molecule has 0 spiro atoms. The molecular formula is C21H26N4O3. The van der Waals surface area contributed by atoms with Gasteiger partial charge in [-0.2, -0.15) is 0 Å². The number of ether oxygens (including phenoxy) is 1. The van der Waals surface area contributed by atoms with E-state index >= 15 is 0 Å². The first kappa shape index (κ1) is 18.7. The predicted molar refractivity (Wildman–Crippen MR) is 106 cm³/mol. The molecule has 2 aromatic rings. The number of carbonyl (C=O) groups excluding carboxylic acids is 1. The number of aromatic nitrogens is 2. The molecule has 0 unspecified atom stereocenters. The van der Waals surface area contributed by atoms with Crippen molar-refractivity contribution < 1.29 is 9.53 Å². The van der Waals surface area contributed by atoms with Crippen LogP contribution >= 0.6 is 0 Å². The number of nitrogens with one attached hydrogen (secondary N) is 1. The van der Waals surface area contributed by atoms with Gasteiger partial charge in [0.1, 0.15) is 11.6 Å². The molecule has 1 aromatic carbocycles. The Bertz CT molecular complexity index is 945. The van der Waals surface area contributed by atoms with Crippen LogP contribution < -0.4 is 10.3 Å². The van der Waals surface area contributed by atoms with Crippen molar-refractivity contribution in [1.82, 2.24) is 19.8 Å². The Kier molecular flexibility index (Phi) is 5.17. The van der Waals surface area contributed by atoms with Crippen LogP contribution in [0.4, 0.5) is 0 Å². The van der Waals surface area contributed by atoms with E-state index in [9.17, 15) is 9.59 Å². The van der Waals surface area contributed by atoms with E-state index < -0.39 is 0 Å². The fourth-order valence-corrected chi connectivity index (χ4v) is 3.97. The summed E-state index contributed by atoms with van der Waals surface area (Å²) in [7, 11) is 0. The van der Waals surface area contributed by atoms with Crippen LogP contribution in [0.5, 0.6) is 5.75 Å². The second-order valence-electron chi connectivity index (χ2n) is 7.59. The maximum atomic E-state index is 12.7. The molecule has 0 bridgehead atoms. The number of hydrogen-bond acceptors (Lipinski definition) is 5. The average molecular weight is 382 g/mol. The third kappa shape index (κ3) is 3.94. The first-order valence-corrected chi connectivity index (χ1v) is 9.81. The molecule has 1 amide bonds. The summed E-state index contributed by atoms with van der Waals surface area (Å²) in [6.07, 6.45) is 1.09. The van der Waals surface area contributed by atoms with Gasteiger partial charge in [-0.3, -0.25) is 14.5 Å². The zero-order chi connectivity index (χ0) is 19.7. The van der Waals surface area contributed by atoms with E-state index in [1.165, 1.54) is 11.1 Å². The number of fused-ring (bicyclic) bond motifs is 1.